The topological polar surface area (TPSA) is 38.9 Å². The van der Waals surface area contributed by atoms with Crippen LogP contribution in [0.1, 0.15) is 30.2 Å². The van der Waals surface area contributed by atoms with Crippen molar-refractivity contribution in [3.63, 3.8) is 0 Å². The van der Waals surface area contributed by atoms with E-state index in [0.29, 0.717) is 11.6 Å². The summed E-state index contributed by atoms with van der Waals surface area (Å²) >= 11 is 0. The third-order valence-electron chi connectivity index (χ3n) is 2.44. The molecule has 0 amide bonds. The van der Waals surface area contributed by atoms with Gasteiger partial charge in [-0.15, -0.1) is 0 Å². The molecule has 0 radical (unpaired) electrons. The van der Waals surface area contributed by atoms with Gasteiger partial charge < -0.3 is 4.42 Å². The maximum absolute atomic E-state index is 5.55. The van der Waals surface area contributed by atoms with Crippen LogP contribution in [-0.4, -0.2) is 9.97 Å². The molecule has 1 saturated carbocycles. The summed E-state index contributed by atoms with van der Waals surface area (Å²) in [5.74, 6) is 1.44. The Balaban J connectivity index is 2.26. The average molecular weight is 174 g/mol. The molecule has 2 aromatic heterocycles. The Morgan fingerprint density at radius 1 is 1.46 bits per heavy atom. The van der Waals surface area contributed by atoms with Crippen LogP contribution in [0.2, 0.25) is 0 Å². The van der Waals surface area contributed by atoms with Crippen LogP contribution in [0.3, 0.4) is 0 Å². The van der Waals surface area contributed by atoms with E-state index in [1.807, 2.05) is 13.0 Å². The minimum Gasteiger partial charge on any atom is -0.422 e. The van der Waals surface area contributed by atoms with E-state index in [4.69, 9.17) is 4.42 Å². The Kier molecular flexibility index (Phi) is 1.26. The molecule has 0 bridgehead atoms. The van der Waals surface area contributed by atoms with Gasteiger partial charge in [-0.1, -0.05) is 0 Å². The fourth-order valence-electron chi connectivity index (χ4n) is 1.47. The van der Waals surface area contributed by atoms with Crippen LogP contribution in [0.4, 0.5) is 0 Å². The molecule has 3 rings (SSSR count). The van der Waals surface area contributed by atoms with Gasteiger partial charge in [0.15, 0.2) is 0 Å². The third kappa shape index (κ3) is 1.03. The molecule has 0 N–H and O–H groups in total. The number of pyridine rings is 1. The lowest BCUT2D eigenvalue weighted by molar-refractivity contribution is 0.525. The molecule has 13 heavy (non-hydrogen) atoms. The summed E-state index contributed by atoms with van der Waals surface area (Å²) in [7, 11) is 0. The molecule has 0 aliphatic heterocycles. The summed E-state index contributed by atoms with van der Waals surface area (Å²) < 4.78 is 5.55. The van der Waals surface area contributed by atoms with Crippen LogP contribution in [0.15, 0.2) is 16.7 Å². The number of rotatable bonds is 1. The number of hydrogen-bond acceptors (Lipinski definition) is 3. The lowest BCUT2D eigenvalue weighted by atomic mass is 10.3. The van der Waals surface area contributed by atoms with Gasteiger partial charge in [0.1, 0.15) is 5.52 Å². The Bertz CT molecular complexity index is 457. The van der Waals surface area contributed by atoms with Crippen molar-refractivity contribution in [2.45, 2.75) is 25.7 Å². The Labute approximate surface area is 75.8 Å². The summed E-state index contributed by atoms with van der Waals surface area (Å²) in [5, 5.41) is 0. The summed E-state index contributed by atoms with van der Waals surface area (Å²) in [6.45, 7) is 2.03. The number of nitrogens with zero attached hydrogens (tertiary/aromatic N) is 2. The highest BCUT2D eigenvalue weighted by atomic mass is 16.4. The van der Waals surface area contributed by atoms with Crippen molar-refractivity contribution in [2.75, 3.05) is 0 Å². The molecule has 3 heteroatoms. The van der Waals surface area contributed by atoms with Crippen molar-refractivity contribution >= 4 is 11.2 Å². The summed E-state index contributed by atoms with van der Waals surface area (Å²) in [6.07, 6.45) is 4.19. The maximum Gasteiger partial charge on any atom is 0.247 e. The number of hydrogen-bond donors (Lipinski definition) is 0. The molecular formula is C10H10N2O. The van der Waals surface area contributed by atoms with E-state index >= 15 is 0 Å². The smallest absolute Gasteiger partial charge is 0.247 e. The minimum absolute atomic E-state index is 0.564. The van der Waals surface area contributed by atoms with E-state index in [1.54, 1.807) is 6.20 Å². The molecule has 0 spiro atoms. The monoisotopic (exact) mass is 174 g/mol. The quantitative estimate of drug-likeness (QED) is 0.666. The predicted octanol–water partition coefficient (Wildman–Crippen LogP) is 2.41. The zero-order valence-electron chi connectivity index (χ0n) is 7.45. The molecule has 1 fully saturated rings. The van der Waals surface area contributed by atoms with Gasteiger partial charge in [-0.2, -0.15) is 0 Å². The van der Waals surface area contributed by atoms with Crippen LogP contribution in [0.5, 0.6) is 0 Å². The molecule has 2 aromatic rings. The standard InChI is InChI=1S/C10H10N2O/c1-6-4-5-11-10-8(6)12-9(13-10)7-2-3-7/h4-5,7H,2-3H2,1H3. The Morgan fingerprint density at radius 2 is 2.31 bits per heavy atom. The second-order valence-electron chi connectivity index (χ2n) is 3.61. The fourth-order valence-corrected chi connectivity index (χ4v) is 1.47. The second-order valence-corrected chi connectivity index (χ2v) is 3.61. The zero-order valence-corrected chi connectivity index (χ0v) is 7.45. The van der Waals surface area contributed by atoms with Gasteiger partial charge in [0, 0.05) is 12.1 Å². The highest BCUT2D eigenvalue weighted by Crippen LogP contribution is 2.40. The lowest BCUT2D eigenvalue weighted by Crippen LogP contribution is -1.79. The molecule has 66 valence electrons. The summed E-state index contributed by atoms with van der Waals surface area (Å²) in [6, 6.07) is 1.96. The van der Waals surface area contributed by atoms with E-state index in [9.17, 15) is 0 Å². The van der Waals surface area contributed by atoms with Crippen LogP contribution < -0.4 is 0 Å². The first kappa shape index (κ1) is 7.06. The largest absolute Gasteiger partial charge is 0.422 e. The molecule has 0 saturated heterocycles. The van der Waals surface area contributed by atoms with Crippen molar-refractivity contribution < 1.29 is 4.42 Å². The average Bonchev–Trinajstić information content (AvgIpc) is 2.87. The van der Waals surface area contributed by atoms with Crippen molar-refractivity contribution in [2.24, 2.45) is 0 Å². The molecular weight excluding hydrogens is 164 g/mol. The second kappa shape index (κ2) is 2.31. The van der Waals surface area contributed by atoms with Gasteiger partial charge in [-0.3, -0.25) is 0 Å². The van der Waals surface area contributed by atoms with E-state index in [0.717, 1.165) is 17.0 Å². The minimum atomic E-state index is 0.564. The number of fused-ring (bicyclic) bond motifs is 1. The van der Waals surface area contributed by atoms with Gasteiger partial charge in [0.25, 0.3) is 0 Å². The van der Waals surface area contributed by atoms with Gasteiger partial charge in [0.05, 0.1) is 0 Å². The van der Waals surface area contributed by atoms with Crippen molar-refractivity contribution in [1.82, 2.24) is 9.97 Å². The van der Waals surface area contributed by atoms with Crippen LogP contribution in [0, 0.1) is 6.92 Å². The van der Waals surface area contributed by atoms with Gasteiger partial charge in [0.2, 0.25) is 11.6 Å². The van der Waals surface area contributed by atoms with Gasteiger partial charge >= 0.3 is 0 Å². The molecule has 2 heterocycles. The third-order valence-corrected chi connectivity index (χ3v) is 2.44. The van der Waals surface area contributed by atoms with Gasteiger partial charge in [-0.05, 0) is 31.4 Å². The van der Waals surface area contributed by atoms with E-state index in [-0.39, 0.29) is 0 Å². The van der Waals surface area contributed by atoms with Gasteiger partial charge in [-0.25, -0.2) is 9.97 Å². The zero-order chi connectivity index (χ0) is 8.84. The van der Waals surface area contributed by atoms with Crippen molar-refractivity contribution in [3.8, 4) is 0 Å². The first-order chi connectivity index (χ1) is 6.34. The highest BCUT2D eigenvalue weighted by Gasteiger charge is 2.29. The number of aryl methyl sites for hydroxylation is 1. The van der Waals surface area contributed by atoms with Crippen LogP contribution in [0.25, 0.3) is 11.2 Å². The maximum atomic E-state index is 5.55. The first-order valence-electron chi connectivity index (χ1n) is 4.56. The molecule has 1 aliphatic rings. The Hall–Kier alpha value is -1.38. The molecule has 0 atom stereocenters. The normalized spacial score (nSPS) is 16.7. The molecule has 0 unspecified atom stereocenters. The van der Waals surface area contributed by atoms with Crippen molar-refractivity contribution in [1.29, 1.82) is 0 Å². The van der Waals surface area contributed by atoms with Crippen LogP contribution >= 0.6 is 0 Å². The highest BCUT2D eigenvalue weighted by molar-refractivity contribution is 5.72. The summed E-state index contributed by atoms with van der Waals surface area (Å²) in [4.78, 5) is 8.59. The van der Waals surface area contributed by atoms with E-state index in [1.165, 1.54) is 12.8 Å². The van der Waals surface area contributed by atoms with Crippen molar-refractivity contribution in [3.05, 3.63) is 23.7 Å². The molecule has 3 nitrogen and oxygen atoms in total. The molecule has 1 aliphatic carbocycles. The van der Waals surface area contributed by atoms with E-state index < -0.39 is 0 Å². The Morgan fingerprint density at radius 3 is 3.00 bits per heavy atom. The summed E-state index contributed by atoms with van der Waals surface area (Å²) in [5.41, 5.74) is 2.74. The first-order valence-corrected chi connectivity index (χ1v) is 4.56. The molecule has 0 aromatic carbocycles. The fraction of sp³-hybridized carbons (Fsp3) is 0.400. The SMILES string of the molecule is Cc1ccnc2oc(C3CC3)nc12. The number of aromatic nitrogens is 2. The lowest BCUT2D eigenvalue weighted by Gasteiger charge is -1.87. The predicted molar refractivity (Wildman–Crippen MR) is 48.5 cm³/mol. The number of oxazole rings is 1. The van der Waals surface area contributed by atoms with E-state index in [2.05, 4.69) is 9.97 Å². The van der Waals surface area contributed by atoms with Crippen LogP contribution in [-0.2, 0) is 0 Å².